The van der Waals surface area contributed by atoms with Gasteiger partial charge < -0.3 is 21.7 Å². The number of ketones is 3. The summed E-state index contributed by atoms with van der Waals surface area (Å²) < 4.78 is 211. The maximum atomic E-state index is 14.5. The van der Waals surface area contributed by atoms with E-state index in [0.717, 1.165) is 37.9 Å². The van der Waals surface area contributed by atoms with Gasteiger partial charge in [0.2, 0.25) is 0 Å². The molecule has 0 aromatic carbocycles. The molecular weight excluding hydrogens is 1730 g/mol. The molecule has 13 heterocycles. The smallest absolute Gasteiger partial charge is 0.402 e. The molecule has 0 saturated heterocycles. The standard InChI is InChI=1S/C24H26F4N6O.C24H28F4N6O.C23H27F3N6O.C21H25FN6O/c1-14-20(15(2)35-32-14)17-8-19-22(29-9-17)21(18-10-30-33(12-18)13-24(26,27)28)31-34(19)11-16-4-6-23(3,25)7-5-16;1-14(29)20(15(2)35)17-8-19-22(30-9-17)21(18-10-31-33(12-18)13-24(26,27)28)32-34(19)11-16-4-6-23(3,25)7-5-16;1-13(27)19(14(2)33)16-8-18-21(28-9-16)20(17-10-29-32(12-17)22(24)25)30-31(18)11-15-4-6-23(3,26)7-5-15;1-12(23)18(13(2)29)15-5-17-20(24-8-15)19(16-9-25-27(4)11-16)26-28(17)10-14-6-21(3,22)7-14/h8-10,12,16H,4-7,11,13H2,1-3H3;8-10,12,16H,4-7,11,13,29H2,1-3H3;8-10,12,15,22H,4-7,11,27H2,1-3H3;5,8-9,11,14H,6-7,10,23H2,1-4H3/i11D2;;11D2;. The number of rotatable bonds is 22. The molecule has 0 unspecified atom stereocenters. The van der Waals surface area contributed by atoms with Crippen LogP contribution in [-0.4, -0.2) is 156 Å². The van der Waals surface area contributed by atoms with E-state index in [2.05, 4.69) is 60.8 Å². The van der Waals surface area contributed by atoms with Crippen LogP contribution in [0, 0.1) is 37.5 Å². The molecule has 13 aromatic rings. The Kier molecular flexibility index (Phi) is 25.6. The van der Waals surface area contributed by atoms with Crippen molar-refractivity contribution in [1.29, 1.82) is 0 Å². The van der Waals surface area contributed by atoms with Gasteiger partial charge in [0.05, 0.1) is 58.0 Å². The van der Waals surface area contributed by atoms with Crippen molar-refractivity contribution in [2.24, 2.45) is 47.9 Å². The average Bonchev–Trinajstić information content (AvgIpc) is 1.59. The molecule has 0 amide bonds. The summed E-state index contributed by atoms with van der Waals surface area (Å²) in [5.74, 6) is -0.680. The first-order valence-corrected chi connectivity index (χ1v) is 43.2. The Hall–Kier alpha value is -12.7. The number of aromatic nitrogens is 21. The molecule has 40 heteroatoms. The lowest BCUT2D eigenvalue weighted by Gasteiger charge is -2.38. The minimum absolute atomic E-state index is 0.114. The largest absolute Gasteiger partial charge is 0.408 e. The lowest BCUT2D eigenvalue weighted by molar-refractivity contribution is -0.143. The Bertz CT molecular complexity index is 6720. The van der Waals surface area contributed by atoms with Gasteiger partial charge >= 0.3 is 18.9 Å². The molecule has 132 heavy (non-hydrogen) atoms. The molecular formula is C92H106F12N24O4. The zero-order valence-electron chi connectivity index (χ0n) is 79.1. The number of alkyl halides is 12. The van der Waals surface area contributed by atoms with E-state index in [1.165, 1.54) is 87.4 Å². The second-order valence-electron chi connectivity index (χ2n) is 36.1. The number of allylic oxidation sites excluding steroid dienone is 6. The molecule has 6 N–H and O–H groups in total. The summed E-state index contributed by atoms with van der Waals surface area (Å²) in [4.78, 5) is 54.6. The number of hydrogen-bond acceptors (Lipinski definition) is 20. The van der Waals surface area contributed by atoms with Crippen molar-refractivity contribution in [2.75, 3.05) is 0 Å². The number of nitrogens with zero attached hydrogens (tertiary/aromatic N) is 21. The first kappa shape index (κ1) is 89.9. The fourth-order valence-corrected chi connectivity index (χ4v) is 17.8. The van der Waals surface area contributed by atoms with Gasteiger partial charge in [-0.15, -0.1) is 0 Å². The summed E-state index contributed by atoms with van der Waals surface area (Å²) >= 11 is 0. The van der Waals surface area contributed by atoms with Crippen molar-refractivity contribution in [3.8, 4) is 56.2 Å². The van der Waals surface area contributed by atoms with Crippen LogP contribution >= 0.6 is 0 Å². The molecule has 4 aliphatic rings. The molecule has 0 bridgehead atoms. The van der Waals surface area contributed by atoms with Crippen LogP contribution in [0.1, 0.15) is 199 Å². The number of Topliss-reactive ketones (excluding diaryl/α,β-unsaturated/α-hetero) is 3. The number of nitrogens with two attached hydrogens (primary N) is 3. The Labute approximate surface area is 757 Å². The number of aryl methyl sites for hydroxylation is 3. The van der Waals surface area contributed by atoms with E-state index >= 15 is 0 Å². The molecule has 0 aliphatic heterocycles. The van der Waals surface area contributed by atoms with Crippen molar-refractivity contribution in [3.63, 3.8) is 0 Å². The fraction of sp³-hybridized carbons (Fsp3) is 0.478. The third kappa shape index (κ3) is 22.0. The number of carbonyl (C=O) groups excluding carboxylic acids is 3. The van der Waals surface area contributed by atoms with E-state index in [1.807, 2.05) is 24.0 Å². The topological polar surface area (TPSA) is 349 Å². The summed E-state index contributed by atoms with van der Waals surface area (Å²) in [5, 5.41) is 38.0. The summed E-state index contributed by atoms with van der Waals surface area (Å²) in [6.45, 7) is 10.8. The van der Waals surface area contributed by atoms with Gasteiger partial charge in [-0.05, 0) is 221 Å². The van der Waals surface area contributed by atoms with Crippen LogP contribution in [-0.2, 0) is 60.6 Å². The first-order chi connectivity index (χ1) is 63.5. The number of fused-ring (bicyclic) bond motifs is 4. The zero-order valence-corrected chi connectivity index (χ0v) is 75.1. The van der Waals surface area contributed by atoms with Gasteiger partial charge in [-0.1, -0.05) is 5.16 Å². The molecule has 0 radical (unpaired) electrons. The van der Waals surface area contributed by atoms with Crippen molar-refractivity contribution in [1.82, 2.24) is 103 Å². The van der Waals surface area contributed by atoms with Crippen molar-refractivity contribution in [3.05, 3.63) is 144 Å². The molecule has 17 rings (SSSR count). The van der Waals surface area contributed by atoms with Crippen LogP contribution in [0.2, 0.25) is 0 Å². The molecule has 0 spiro atoms. The Morgan fingerprint density at radius 3 is 1.14 bits per heavy atom. The third-order valence-corrected chi connectivity index (χ3v) is 24.3. The van der Waals surface area contributed by atoms with Crippen molar-refractivity contribution >= 4 is 78.2 Å². The van der Waals surface area contributed by atoms with Gasteiger partial charge in [-0.25, -0.2) is 22.2 Å². The van der Waals surface area contributed by atoms with Crippen LogP contribution in [0.15, 0.2) is 120 Å². The highest BCUT2D eigenvalue weighted by atomic mass is 19.4. The van der Waals surface area contributed by atoms with Gasteiger partial charge in [-0.3, -0.25) is 67.1 Å². The van der Waals surface area contributed by atoms with E-state index in [0.29, 0.717) is 177 Å². The number of halogens is 12. The monoisotopic (exact) mass is 1840 g/mol. The van der Waals surface area contributed by atoms with Gasteiger partial charge in [0, 0.05) is 167 Å². The Balaban J connectivity index is 0.000000146. The van der Waals surface area contributed by atoms with E-state index in [9.17, 15) is 67.1 Å². The normalized spacial score (nSPS) is 22.5. The second kappa shape index (κ2) is 37.5. The Morgan fingerprint density at radius 1 is 0.455 bits per heavy atom. The predicted molar refractivity (Wildman–Crippen MR) is 473 cm³/mol. The lowest BCUT2D eigenvalue weighted by Crippen LogP contribution is -2.38. The van der Waals surface area contributed by atoms with Gasteiger partial charge in [0.15, 0.2) is 17.3 Å². The van der Waals surface area contributed by atoms with Gasteiger partial charge in [-0.2, -0.15) is 75.9 Å². The van der Waals surface area contributed by atoms with Crippen LogP contribution in [0.25, 0.3) is 117 Å². The summed E-state index contributed by atoms with van der Waals surface area (Å²) in [6, 6.07) is 6.97. The quantitative estimate of drug-likeness (QED) is 0.0419. The van der Waals surface area contributed by atoms with E-state index in [4.69, 9.17) is 32.3 Å². The molecule has 28 nitrogen and oxygen atoms in total. The molecule has 13 aromatic heterocycles. The molecule has 4 aliphatic carbocycles. The van der Waals surface area contributed by atoms with Gasteiger partial charge in [0.1, 0.15) is 86.4 Å². The second-order valence-corrected chi connectivity index (χ2v) is 36.1. The lowest BCUT2D eigenvalue weighted by atomic mass is 9.73. The number of carbonyl (C=O) groups is 3. The molecule has 702 valence electrons. The summed E-state index contributed by atoms with van der Waals surface area (Å²) in [6.07, 6.45) is 13.9. The van der Waals surface area contributed by atoms with Crippen molar-refractivity contribution in [2.45, 2.75) is 254 Å². The first-order valence-electron chi connectivity index (χ1n) is 45.2. The average molecular weight is 1840 g/mol. The number of hydrogen-bond donors (Lipinski definition) is 3. The zero-order chi connectivity index (χ0) is 98.9. The molecule has 4 saturated carbocycles. The third-order valence-electron chi connectivity index (χ3n) is 24.3. The minimum Gasteiger partial charge on any atom is -0.402 e. The van der Waals surface area contributed by atoms with Crippen molar-refractivity contribution < 1.29 is 77.1 Å². The number of pyridine rings is 4. The highest BCUT2D eigenvalue weighted by molar-refractivity contribution is 6.22. The van der Waals surface area contributed by atoms with E-state index in [1.54, 1.807) is 94.6 Å². The van der Waals surface area contributed by atoms with E-state index < -0.39 is 79.5 Å². The maximum Gasteiger partial charge on any atom is 0.408 e. The van der Waals surface area contributed by atoms with Crippen LogP contribution in [0.3, 0.4) is 0 Å². The van der Waals surface area contributed by atoms with Crippen LogP contribution < -0.4 is 17.2 Å². The minimum atomic E-state index is -4.45. The molecule has 4 fully saturated rings. The van der Waals surface area contributed by atoms with E-state index in [-0.39, 0.29) is 99.7 Å². The molecule has 0 atom stereocenters. The highest BCUT2D eigenvalue weighted by Gasteiger charge is 2.42. The fourth-order valence-electron chi connectivity index (χ4n) is 17.8. The van der Waals surface area contributed by atoms with Gasteiger partial charge in [0.25, 0.3) is 0 Å². The highest BCUT2D eigenvalue weighted by Crippen LogP contribution is 2.45. The van der Waals surface area contributed by atoms with Crippen LogP contribution in [0.4, 0.5) is 52.7 Å². The maximum absolute atomic E-state index is 14.5. The summed E-state index contributed by atoms with van der Waals surface area (Å²) in [7, 11) is 1.85. The SMILES string of the molecule is CC(=O)C(=C(C)N)c1cnc2c(-c3cnn(C)c3)nn(CC3CC(C)(F)C3)c2c1.CC(=O)C(=C(C)N)c1cnc2c(-c3cnn(CC(F)(F)F)c3)nn(CC3CCC(C)(F)CC3)c2c1.[2H]C([2H])(C1CCC(C)(F)CC1)n1nc(-c2cnn(C(F)F)c2)c2ncc(C(C(C)=O)=C(C)N)cc21.[2H]C([2H])(C1CCC(C)(F)CC1)n1nc(-c2cnn(CC(F)(F)F)c2)c2ncc(-c3c(C)noc3C)cc21. The predicted octanol–water partition coefficient (Wildman–Crippen LogP) is 19.2. The Morgan fingerprint density at radius 2 is 0.795 bits per heavy atom. The summed E-state index contributed by atoms with van der Waals surface area (Å²) in [5.41, 5.74) is 25.7. The van der Waals surface area contributed by atoms with Crippen LogP contribution in [0.5, 0.6) is 0 Å².